The molecule has 0 heterocycles. The Hall–Kier alpha value is -2.49. The van der Waals surface area contributed by atoms with Gasteiger partial charge in [-0.25, -0.2) is 4.39 Å². The van der Waals surface area contributed by atoms with Crippen LogP contribution in [-0.2, 0) is 26.0 Å². The van der Waals surface area contributed by atoms with E-state index < -0.39 is 0 Å². The second-order valence-corrected chi connectivity index (χ2v) is 6.80. The minimum atomic E-state index is -0.275. The summed E-state index contributed by atoms with van der Waals surface area (Å²) in [6.45, 7) is 2.27. The maximum Gasteiger partial charge on any atom is 0.131 e. The average Bonchev–Trinajstić information content (AvgIpc) is 2.72. The third kappa shape index (κ3) is 5.75. The highest BCUT2D eigenvalue weighted by Gasteiger charge is 2.11. The topological polar surface area (TPSA) is 23.5 Å². The van der Waals surface area contributed by atoms with E-state index in [4.69, 9.17) is 0 Å². The number of halogens is 1. The summed E-state index contributed by atoms with van der Waals surface area (Å²) in [7, 11) is 0. The summed E-state index contributed by atoms with van der Waals surface area (Å²) in [6.07, 6.45) is 1.59. The second-order valence-electron chi connectivity index (χ2n) is 6.80. The molecule has 0 amide bonds. The molecule has 140 valence electrons. The van der Waals surface area contributed by atoms with Gasteiger partial charge in [0.2, 0.25) is 0 Å². The average molecular weight is 363 g/mol. The summed E-state index contributed by atoms with van der Waals surface area (Å²) in [4.78, 5) is 2.37. The molecule has 0 aliphatic rings. The van der Waals surface area contributed by atoms with Gasteiger partial charge in [-0.1, -0.05) is 78.9 Å². The van der Waals surface area contributed by atoms with Crippen molar-refractivity contribution in [2.75, 3.05) is 13.1 Å². The van der Waals surface area contributed by atoms with Crippen molar-refractivity contribution in [2.24, 2.45) is 0 Å². The van der Waals surface area contributed by atoms with Gasteiger partial charge in [0, 0.05) is 25.2 Å². The first-order chi connectivity index (χ1) is 13.3. The van der Waals surface area contributed by atoms with Gasteiger partial charge in [-0.2, -0.15) is 0 Å². The first-order valence-electron chi connectivity index (χ1n) is 9.43. The second kappa shape index (κ2) is 10.0. The maximum absolute atomic E-state index is 14.4. The lowest BCUT2D eigenvalue weighted by Gasteiger charge is -2.23. The van der Waals surface area contributed by atoms with Gasteiger partial charge < -0.3 is 5.11 Å². The maximum atomic E-state index is 14.4. The van der Waals surface area contributed by atoms with Crippen molar-refractivity contribution < 1.29 is 9.50 Å². The lowest BCUT2D eigenvalue weighted by Crippen LogP contribution is -2.28. The smallest absolute Gasteiger partial charge is 0.131 e. The van der Waals surface area contributed by atoms with Crippen LogP contribution in [0.25, 0.3) is 0 Å². The SMILES string of the molecule is OCc1cccc(CCN(CCc2ccccc2)Cc2ccccc2)c1F. The van der Waals surface area contributed by atoms with Crippen molar-refractivity contribution in [3.05, 3.63) is 107 Å². The number of aliphatic hydroxyl groups excluding tert-OH is 1. The predicted octanol–water partition coefficient (Wildman–Crippen LogP) is 4.61. The third-order valence-electron chi connectivity index (χ3n) is 4.83. The number of nitrogens with zero attached hydrogens (tertiary/aromatic N) is 1. The van der Waals surface area contributed by atoms with Crippen LogP contribution in [-0.4, -0.2) is 23.1 Å². The Bertz CT molecular complexity index is 820. The molecule has 0 radical (unpaired) electrons. The molecular weight excluding hydrogens is 337 g/mol. The Morgan fingerprint density at radius 3 is 1.93 bits per heavy atom. The normalized spacial score (nSPS) is 11.1. The molecule has 0 spiro atoms. The van der Waals surface area contributed by atoms with Crippen LogP contribution in [0.2, 0.25) is 0 Å². The number of aliphatic hydroxyl groups is 1. The van der Waals surface area contributed by atoms with Gasteiger partial charge >= 0.3 is 0 Å². The van der Waals surface area contributed by atoms with E-state index in [1.54, 1.807) is 6.07 Å². The fourth-order valence-electron chi connectivity index (χ4n) is 3.27. The third-order valence-corrected chi connectivity index (χ3v) is 4.83. The molecule has 0 bridgehead atoms. The minimum absolute atomic E-state index is 0.262. The van der Waals surface area contributed by atoms with Gasteiger partial charge in [-0.05, 0) is 29.5 Å². The van der Waals surface area contributed by atoms with Gasteiger partial charge in [0.25, 0.3) is 0 Å². The van der Waals surface area contributed by atoms with Crippen LogP contribution in [0.15, 0.2) is 78.9 Å². The quantitative estimate of drug-likeness (QED) is 0.600. The number of hydrogen-bond donors (Lipinski definition) is 1. The van der Waals surface area contributed by atoms with Crippen LogP contribution < -0.4 is 0 Å². The minimum Gasteiger partial charge on any atom is -0.392 e. The Kier molecular flexibility index (Phi) is 7.14. The molecule has 0 unspecified atom stereocenters. The van der Waals surface area contributed by atoms with Gasteiger partial charge in [0.15, 0.2) is 0 Å². The molecule has 0 aromatic heterocycles. The number of benzene rings is 3. The van der Waals surface area contributed by atoms with E-state index >= 15 is 0 Å². The highest BCUT2D eigenvalue weighted by molar-refractivity contribution is 5.26. The zero-order chi connectivity index (χ0) is 18.9. The molecule has 2 nitrogen and oxygen atoms in total. The van der Waals surface area contributed by atoms with E-state index in [2.05, 4.69) is 53.4 Å². The van der Waals surface area contributed by atoms with Crippen molar-refractivity contribution >= 4 is 0 Å². The zero-order valence-electron chi connectivity index (χ0n) is 15.5. The molecule has 3 aromatic carbocycles. The summed E-state index contributed by atoms with van der Waals surface area (Å²) in [5, 5.41) is 9.27. The summed E-state index contributed by atoms with van der Waals surface area (Å²) >= 11 is 0. The van der Waals surface area contributed by atoms with E-state index in [0.29, 0.717) is 17.5 Å². The summed E-state index contributed by atoms with van der Waals surface area (Å²) in [5.41, 5.74) is 3.60. The molecule has 3 rings (SSSR count). The van der Waals surface area contributed by atoms with E-state index in [9.17, 15) is 9.50 Å². The molecule has 0 aliphatic heterocycles. The van der Waals surface area contributed by atoms with Crippen molar-refractivity contribution in [1.82, 2.24) is 4.90 Å². The Balaban J connectivity index is 1.67. The van der Waals surface area contributed by atoms with Gasteiger partial charge in [-0.3, -0.25) is 4.90 Å². The molecule has 0 saturated heterocycles. The molecular formula is C24H26FNO. The molecule has 0 fully saturated rings. The Labute approximate surface area is 160 Å². The predicted molar refractivity (Wildman–Crippen MR) is 108 cm³/mol. The van der Waals surface area contributed by atoms with Crippen LogP contribution in [0.4, 0.5) is 4.39 Å². The first kappa shape index (κ1) is 19.3. The molecule has 0 saturated carbocycles. The Morgan fingerprint density at radius 1 is 0.667 bits per heavy atom. The largest absolute Gasteiger partial charge is 0.392 e. The zero-order valence-corrected chi connectivity index (χ0v) is 15.5. The number of hydrogen-bond acceptors (Lipinski definition) is 2. The summed E-state index contributed by atoms with van der Waals surface area (Å²) in [6, 6.07) is 26.1. The molecule has 0 aliphatic carbocycles. The van der Waals surface area contributed by atoms with Crippen molar-refractivity contribution in [1.29, 1.82) is 0 Å². The van der Waals surface area contributed by atoms with E-state index in [0.717, 1.165) is 26.1 Å². The fourth-order valence-corrected chi connectivity index (χ4v) is 3.27. The fraction of sp³-hybridized carbons (Fsp3) is 0.250. The molecule has 3 heteroatoms. The van der Waals surface area contributed by atoms with Gasteiger partial charge in [0.05, 0.1) is 6.61 Å². The van der Waals surface area contributed by atoms with E-state index in [1.807, 2.05) is 24.3 Å². The lowest BCUT2D eigenvalue weighted by atomic mass is 10.1. The first-order valence-corrected chi connectivity index (χ1v) is 9.43. The lowest BCUT2D eigenvalue weighted by molar-refractivity contribution is 0.267. The van der Waals surface area contributed by atoms with Crippen molar-refractivity contribution in [3.63, 3.8) is 0 Å². The standard InChI is InChI=1S/C24H26FNO/c25-24-22(12-7-13-23(24)19-27)15-17-26(18-21-10-5-2-6-11-21)16-14-20-8-3-1-4-9-20/h1-13,27H,14-19H2. The molecule has 0 atom stereocenters. The van der Waals surface area contributed by atoms with Crippen LogP contribution >= 0.6 is 0 Å². The summed E-state index contributed by atoms with van der Waals surface area (Å²) in [5.74, 6) is -0.275. The number of rotatable bonds is 9. The highest BCUT2D eigenvalue weighted by atomic mass is 19.1. The van der Waals surface area contributed by atoms with E-state index in [-0.39, 0.29) is 12.4 Å². The molecule has 1 N–H and O–H groups in total. The highest BCUT2D eigenvalue weighted by Crippen LogP contribution is 2.15. The monoisotopic (exact) mass is 363 g/mol. The molecule has 27 heavy (non-hydrogen) atoms. The van der Waals surface area contributed by atoms with Crippen molar-refractivity contribution in [3.8, 4) is 0 Å². The van der Waals surface area contributed by atoms with Crippen LogP contribution in [0.5, 0.6) is 0 Å². The van der Waals surface area contributed by atoms with Gasteiger partial charge in [-0.15, -0.1) is 0 Å². The van der Waals surface area contributed by atoms with Crippen LogP contribution in [0, 0.1) is 5.82 Å². The summed E-state index contributed by atoms with van der Waals surface area (Å²) < 4.78 is 14.4. The van der Waals surface area contributed by atoms with Crippen molar-refractivity contribution in [2.45, 2.75) is 26.0 Å². The molecule has 3 aromatic rings. The van der Waals surface area contributed by atoms with Crippen LogP contribution in [0.3, 0.4) is 0 Å². The Morgan fingerprint density at radius 2 is 1.26 bits per heavy atom. The van der Waals surface area contributed by atoms with Crippen LogP contribution in [0.1, 0.15) is 22.3 Å². The van der Waals surface area contributed by atoms with Gasteiger partial charge in [0.1, 0.15) is 5.82 Å². The van der Waals surface area contributed by atoms with E-state index in [1.165, 1.54) is 11.1 Å².